The van der Waals surface area contributed by atoms with Crippen molar-refractivity contribution in [2.45, 2.75) is 18.8 Å². The Morgan fingerprint density at radius 2 is 1.73 bits per heavy atom. The molecular weight excluding hydrogens is 461 g/mol. The van der Waals surface area contributed by atoms with Gasteiger partial charge in [0.15, 0.2) is 6.23 Å². The Bertz CT molecular complexity index is 991. The monoisotopic (exact) mass is 470 g/mol. The molecule has 1 aliphatic heterocycles. The molecule has 160 valence electrons. The van der Waals surface area contributed by atoms with Crippen LogP contribution in [0.25, 0.3) is 0 Å². The first kappa shape index (κ1) is 22.1. The van der Waals surface area contributed by atoms with E-state index in [9.17, 15) is 26.3 Å². The molecule has 30 heavy (non-hydrogen) atoms. The molecule has 0 fully saturated rings. The minimum Gasteiger partial charge on any atom is -0.465 e. The molecule has 0 saturated heterocycles. The summed E-state index contributed by atoms with van der Waals surface area (Å²) in [6.45, 7) is 0. The van der Waals surface area contributed by atoms with Crippen LogP contribution < -0.4 is 14.4 Å². The van der Waals surface area contributed by atoms with Crippen molar-refractivity contribution in [3.63, 3.8) is 0 Å². The van der Waals surface area contributed by atoms with Crippen molar-refractivity contribution >= 4 is 28.9 Å². The standard InChI is InChI=1S/C18H10Cl2F6N2O2/c19-13-8-12(30-18(24,25)26)2-3-14(13)29-16-4-1-10(17(21,22)23)9-28(16)11-5-6-27-15(20)7-11/h1-9,16H. The van der Waals surface area contributed by atoms with Crippen LogP contribution in [-0.4, -0.2) is 23.8 Å². The third kappa shape index (κ3) is 5.51. The van der Waals surface area contributed by atoms with Crippen molar-refractivity contribution in [1.82, 2.24) is 4.98 Å². The Labute approximate surface area is 175 Å². The minimum atomic E-state index is -4.91. The van der Waals surface area contributed by atoms with Crippen LogP contribution in [0.2, 0.25) is 10.2 Å². The van der Waals surface area contributed by atoms with Gasteiger partial charge in [-0.1, -0.05) is 23.2 Å². The first-order valence-corrected chi connectivity index (χ1v) is 8.77. The molecule has 4 nitrogen and oxygen atoms in total. The molecule has 0 aliphatic carbocycles. The van der Waals surface area contributed by atoms with E-state index in [2.05, 4.69) is 9.72 Å². The zero-order chi connectivity index (χ0) is 22.1. The van der Waals surface area contributed by atoms with Crippen LogP contribution in [0.1, 0.15) is 0 Å². The highest BCUT2D eigenvalue weighted by molar-refractivity contribution is 6.32. The fourth-order valence-electron chi connectivity index (χ4n) is 2.49. The van der Waals surface area contributed by atoms with E-state index in [1.54, 1.807) is 0 Å². The number of allylic oxidation sites excluding steroid dienone is 2. The molecule has 2 heterocycles. The second-order valence-electron chi connectivity index (χ2n) is 5.83. The van der Waals surface area contributed by atoms with E-state index in [0.717, 1.165) is 41.5 Å². The molecule has 12 heteroatoms. The minimum absolute atomic E-state index is 0.0365. The maximum atomic E-state index is 13.2. The van der Waals surface area contributed by atoms with Crippen molar-refractivity contribution in [2.24, 2.45) is 0 Å². The molecule has 0 spiro atoms. The molecule has 2 aromatic rings. The van der Waals surface area contributed by atoms with E-state index in [1.807, 2.05) is 0 Å². The zero-order valence-corrected chi connectivity index (χ0v) is 16.0. The summed E-state index contributed by atoms with van der Waals surface area (Å²) in [6.07, 6.45) is -6.59. The lowest BCUT2D eigenvalue weighted by Crippen LogP contribution is -2.37. The quantitative estimate of drug-likeness (QED) is 0.376. The Kier molecular flexibility index (Phi) is 6.09. The van der Waals surface area contributed by atoms with Crippen molar-refractivity contribution in [3.05, 3.63) is 70.6 Å². The third-order valence-corrected chi connectivity index (χ3v) is 4.22. The highest BCUT2D eigenvalue weighted by atomic mass is 35.5. The molecule has 1 atom stereocenters. The van der Waals surface area contributed by atoms with Gasteiger partial charge in [-0.05, 0) is 36.4 Å². The Morgan fingerprint density at radius 1 is 1.00 bits per heavy atom. The number of hydrogen-bond acceptors (Lipinski definition) is 4. The molecule has 0 amide bonds. The van der Waals surface area contributed by atoms with Gasteiger partial charge in [0.2, 0.25) is 0 Å². The van der Waals surface area contributed by atoms with Gasteiger partial charge < -0.3 is 14.4 Å². The third-order valence-electron chi connectivity index (χ3n) is 3.71. The molecule has 0 N–H and O–H groups in total. The lowest BCUT2D eigenvalue weighted by atomic mass is 10.1. The van der Waals surface area contributed by atoms with Gasteiger partial charge in [0.25, 0.3) is 0 Å². The smallest absolute Gasteiger partial charge is 0.465 e. The average Bonchev–Trinajstić information content (AvgIpc) is 2.62. The summed E-state index contributed by atoms with van der Waals surface area (Å²) < 4.78 is 85.8. The van der Waals surface area contributed by atoms with Gasteiger partial charge in [-0.2, -0.15) is 13.2 Å². The summed E-state index contributed by atoms with van der Waals surface area (Å²) in [7, 11) is 0. The van der Waals surface area contributed by atoms with Crippen molar-refractivity contribution in [2.75, 3.05) is 4.90 Å². The van der Waals surface area contributed by atoms with E-state index in [0.29, 0.717) is 0 Å². The summed E-state index contributed by atoms with van der Waals surface area (Å²) in [4.78, 5) is 4.91. The zero-order valence-electron chi connectivity index (χ0n) is 14.5. The topological polar surface area (TPSA) is 34.6 Å². The van der Waals surface area contributed by atoms with Crippen LogP contribution in [0.4, 0.5) is 32.0 Å². The number of anilines is 1. The number of nitrogens with zero attached hydrogens (tertiary/aromatic N) is 2. The fraction of sp³-hybridized carbons (Fsp3) is 0.167. The predicted molar refractivity (Wildman–Crippen MR) is 97.6 cm³/mol. The second kappa shape index (κ2) is 8.27. The number of benzene rings is 1. The number of alkyl halides is 6. The number of halogens is 8. The molecule has 3 rings (SSSR count). The second-order valence-corrected chi connectivity index (χ2v) is 6.63. The fourth-order valence-corrected chi connectivity index (χ4v) is 2.87. The van der Waals surface area contributed by atoms with Crippen LogP contribution in [0.15, 0.2) is 60.5 Å². The van der Waals surface area contributed by atoms with Gasteiger partial charge >= 0.3 is 12.5 Å². The highest BCUT2D eigenvalue weighted by Gasteiger charge is 2.36. The van der Waals surface area contributed by atoms with Crippen molar-refractivity contribution in [1.29, 1.82) is 0 Å². The van der Waals surface area contributed by atoms with Crippen LogP contribution in [0.5, 0.6) is 11.5 Å². The number of ether oxygens (including phenoxy) is 2. The summed E-state index contributed by atoms with van der Waals surface area (Å²) >= 11 is 11.8. The first-order chi connectivity index (χ1) is 13.9. The van der Waals surface area contributed by atoms with Crippen LogP contribution >= 0.6 is 23.2 Å². The molecule has 1 aromatic heterocycles. The predicted octanol–water partition coefficient (Wildman–Crippen LogP) is 6.51. The summed E-state index contributed by atoms with van der Waals surface area (Å²) in [6, 6.07) is 5.68. The summed E-state index contributed by atoms with van der Waals surface area (Å²) in [5.74, 6) is -0.647. The van der Waals surface area contributed by atoms with Gasteiger partial charge in [0, 0.05) is 24.2 Å². The van der Waals surface area contributed by atoms with Crippen molar-refractivity contribution in [3.8, 4) is 11.5 Å². The first-order valence-electron chi connectivity index (χ1n) is 8.01. The lowest BCUT2D eigenvalue weighted by Gasteiger charge is -2.32. The van der Waals surface area contributed by atoms with Crippen LogP contribution in [0.3, 0.4) is 0 Å². The number of aromatic nitrogens is 1. The summed E-state index contributed by atoms with van der Waals surface area (Å²) in [5.41, 5.74) is -0.713. The summed E-state index contributed by atoms with van der Waals surface area (Å²) in [5, 5.41) is -0.196. The van der Waals surface area contributed by atoms with E-state index in [4.69, 9.17) is 27.9 Å². The Morgan fingerprint density at radius 3 is 2.33 bits per heavy atom. The number of pyridine rings is 1. The normalized spacial score (nSPS) is 17.0. The molecular formula is C18H10Cl2F6N2O2. The van der Waals surface area contributed by atoms with Gasteiger partial charge in [0.1, 0.15) is 16.7 Å². The molecule has 0 bridgehead atoms. The number of rotatable bonds is 4. The maximum Gasteiger partial charge on any atom is 0.573 e. The highest BCUT2D eigenvalue weighted by Crippen LogP contribution is 2.36. The molecule has 0 saturated carbocycles. The van der Waals surface area contributed by atoms with Gasteiger partial charge in [-0.15, -0.1) is 13.2 Å². The van der Waals surface area contributed by atoms with Gasteiger partial charge in [-0.25, -0.2) is 4.98 Å². The van der Waals surface area contributed by atoms with E-state index < -0.39 is 30.1 Å². The van der Waals surface area contributed by atoms with Crippen molar-refractivity contribution < 1.29 is 35.8 Å². The maximum absolute atomic E-state index is 13.2. The van der Waals surface area contributed by atoms with Crippen LogP contribution in [0, 0.1) is 0 Å². The van der Waals surface area contributed by atoms with E-state index >= 15 is 0 Å². The van der Waals surface area contributed by atoms with E-state index in [-0.39, 0.29) is 21.6 Å². The number of hydrogen-bond donors (Lipinski definition) is 0. The molecule has 0 radical (unpaired) electrons. The largest absolute Gasteiger partial charge is 0.573 e. The average molecular weight is 471 g/mol. The van der Waals surface area contributed by atoms with Gasteiger partial charge in [0.05, 0.1) is 10.6 Å². The SMILES string of the molecule is FC(F)(F)Oc1ccc(OC2C=CC(C(F)(F)F)=CN2c2ccnc(Cl)c2)c(Cl)c1. The molecule has 1 aliphatic rings. The van der Waals surface area contributed by atoms with Gasteiger partial charge in [-0.3, -0.25) is 0 Å². The van der Waals surface area contributed by atoms with Crippen LogP contribution in [-0.2, 0) is 0 Å². The molecule has 1 aromatic carbocycles. The Hall–Kier alpha value is -2.59. The molecule has 1 unspecified atom stereocenters. The van der Waals surface area contributed by atoms with E-state index in [1.165, 1.54) is 18.3 Å². The Balaban J connectivity index is 1.90. The lowest BCUT2D eigenvalue weighted by molar-refractivity contribution is -0.274.